The largest absolute Gasteiger partial charge is 0.484 e. The molecule has 1 aromatic rings. The third-order valence-corrected chi connectivity index (χ3v) is 4.33. The molecule has 6 nitrogen and oxygen atoms in total. The summed E-state index contributed by atoms with van der Waals surface area (Å²) in [6.45, 7) is 3.69. The number of hydrogen-bond donors (Lipinski definition) is 1. The van der Waals surface area contributed by atoms with Gasteiger partial charge in [0.2, 0.25) is 0 Å². The van der Waals surface area contributed by atoms with Crippen LogP contribution in [0.15, 0.2) is 24.3 Å². The van der Waals surface area contributed by atoms with Crippen molar-refractivity contribution in [2.75, 3.05) is 26.3 Å². The van der Waals surface area contributed by atoms with Crippen molar-refractivity contribution in [2.24, 2.45) is 0 Å². The zero-order valence-electron chi connectivity index (χ0n) is 14.5. The molecule has 0 atom stereocenters. The van der Waals surface area contributed by atoms with Gasteiger partial charge in [-0.3, -0.25) is 4.79 Å². The van der Waals surface area contributed by atoms with Crippen LogP contribution in [0, 0.1) is 0 Å². The Bertz CT molecular complexity index is 557. The molecule has 2 rings (SSSR count). The molecule has 0 radical (unpaired) electrons. The van der Waals surface area contributed by atoms with Crippen molar-refractivity contribution < 1.29 is 19.1 Å². The molecule has 25 heavy (non-hydrogen) atoms. The number of alkyl carbamates (subject to hydrolysis) is 1. The predicted molar refractivity (Wildman–Crippen MR) is 95.9 cm³/mol. The summed E-state index contributed by atoms with van der Waals surface area (Å²) in [7, 11) is 0. The van der Waals surface area contributed by atoms with Gasteiger partial charge >= 0.3 is 6.09 Å². The first-order valence-corrected chi connectivity index (χ1v) is 9.05. The van der Waals surface area contributed by atoms with Crippen molar-refractivity contribution in [1.29, 1.82) is 0 Å². The number of ether oxygens (including phenoxy) is 2. The van der Waals surface area contributed by atoms with Crippen LogP contribution in [0.3, 0.4) is 0 Å². The molecule has 2 amide bonds. The highest BCUT2D eigenvalue weighted by Crippen LogP contribution is 2.16. The summed E-state index contributed by atoms with van der Waals surface area (Å²) in [6, 6.07) is 6.96. The normalized spacial score (nSPS) is 14.9. The molecule has 1 saturated heterocycles. The zero-order valence-corrected chi connectivity index (χ0v) is 15.3. The first-order chi connectivity index (χ1) is 12.1. The lowest BCUT2D eigenvalue weighted by atomic mass is 10.1. The van der Waals surface area contributed by atoms with E-state index in [2.05, 4.69) is 5.32 Å². The van der Waals surface area contributed by atoms with E-state index >= 15 is 0 Å². The van der Waals surface area contributed by atoms with Crippen molar-refractivity contribution in [3.63, 3.8) is 0 Å². The number of amides is 2. The Morgan fingerprint density at radius 1 is 1.24 bits per heavy atom. The molecule has 1 fully saturated rings. The first-order valence-electron chi connectivity index (χ1n) is 8.68. The summed E-state index contributed by atoms with van der Waals surface area (Å²) < 4.78 is 10.6. The van der Waals surface area contributed by atoms with Crippen LogP contribution in [-0.2, 0) is 9.53 Å². The Kier molecular flexibility index (Phi) is 7.85. The first kappa shape index (κ1) is 19.4. The van der Waals surface area contributed by atoms with E-state index in [1.54, 1.807) is 29.2 Å². The summed E-state index contributed by atoms with van der Waals surface area (Å²) in [5, 5.41) is 3.48. The van der Waals surface area contributed by atoms with Gasteiger partial charge in [0.05, 0.1) is 6.61 Å². The van der Waals surface area contributed by atoms with E-state index in [1.165, 1.54) is 0 Å². The lowest BCUT2D eigenvalue weighted by molar-refractivity contribution is -0.134. The number of piperidine rings is 1. The smallest absolute Gasteiger partial charge is 0.407 e. The van der Waals surface area contributed by atoms with E-state index < -0.39 is 0 Å². The molecular weight excluding hydrogens is 344 g/mol. The molecule has 138 valence electrons. The van der Waals surface area contributed by atoms with Crippen molar-refractivity contribution in [3.05, 3.63) is 29.3 Å². The molecule has 0 aliphatic carbocycles. The highest BCUT2D eigenvalue weighted by atomic mass is 35.5. The third-order valence-electron chi connectivity index (χ3n) is 4.08. The van der Waals surface area contributed by atoms with Gasteiger partial charge in [-0.05, 0) is 43.5 Å². The maximum atomic E-state index is 12.2. The molecular formula is C18H25ClN2O4. The van der Waals surface area contributed by atoms with Gasteiger partial charge in [-0.1, -0.05) is 24.9 Å². The van der Waals surface area contributed by atoms with Gasteiger partial charge in [0.15, 0.2) is 6.61 Å². The van der Waals surface area contributed by atoms with Crippen LogP contribution in [-0.4, -0.2) is 49.2 Å². The van der Waals surface area contributed by atoms with Gasteiger partial charge in [0, 0.05) is 24.2 Å². The minimum atomic E-state index is -0.371. The summed E-state index contributed by atoms with van der Waals surface area (Å²) >= 11 is 5.81. The Balaban J connectivity index is 1.66. The van der Waals surface area contributed by atoms with Gasteiger partial charge in [0.1, 0.15) is 5.75 Å². The second-order valence-electron chi connectivity index (χ2n) is 6.03. The molecule has 1 aliphatic rings. The standard InChI is InChI=1S/C18H25ClN2O4/c1-2-3-12-24-18(23)20-15-8-10-21(11-9-15)17(22)13-25-16-6-4-14(19)5-7-16/h4-7,15H,2-3,8-13H2,1H3,(H,20,23). The van der Waals surface area contributed by atoms with Crippen LogP contribution in [0.1, 0.15) is 32.6 Å². The predicted octanol–water partition coefficient (Wildman–Crippen LogP) is 3.24. The number of nitrogens with zero attached hydrogens (tertiary/aromatic N) is 1. The lowest BCUT2D eigenvalue weighted by Gasteiger charge is -2.32. The second kappa shape index (κ2) is 10.1. The van der Waals surface area contributed by atoms with E-state index in [4.69, 9.17) is 21.1 Å². The van der Waals surface area contributed by atoms with E-state index in [-0.39, 0.29) is 24.6 Å². The number of benzene rings is 1. The van der Waals surface area contributed by atoms with Crippen molar-refractivity contribution in [3.8, 4) is 5.75 Å². The maximum absolute atomic E-state index is 12.2. The van der Waals surface area contributed by atoms with Gasteiger partial charge in [0.25, 0.3) is 5.91 Å². The Morgan fingerprint density at radius 3 is 2.56 bits per heavy atom. The number of halogens is 1. The number of carbonyl (C=O) groups is 2. The second-order valence-corrected chi connectivity index (χ2v) is 6.47. The Morgan fingerprint density at radius 2 is 1.92 bits per heavy atom. The molecule has 1 heterocycles. The number of rotatable bonds is 7. The van der Waals surface area contributed by atoms with Crippen LogP contribution in [0.5, 0.6) is 5.75 Å². The lowest BCUT2D eigenvalue weighted by Crippen LogP contribution is -2.47. The molecule has 0 bridgehead atoms. The van der Waals surface area contributed by atoms with Crippen LogP contribution in [0.2, 0.25) is 5.02 Å². The molecule has 0 saturated carbocycles. The van der Waals surface area contributed by atoms with Gasteiger partial charge in [-0.25, -0.2) is 4.79 Å². The summed E-state index contributed by atoms with van der Waals surface area (Å²) in [6.07, 6.45) is 2.93. The van der Waals surface area contributed by atoms with Gasteiger partial charge in [-0.2, -0.15) is 0 Å². The Hall–Kier alpha value is -1.95. The summed E-state index contributed by atoms with van der Waals surface area (Å²) in [5.41, 5.74) is 0. The molecule has 0 spiro atoms. The number of carbonyl (C=O) groups excluding carboxylic acids is 2. The number of hydrogen-bond acceptors (Lipinski definition) is 4. The summed E-state index contributed by atoms with van der Waals surface area (Å²) in [4.78, 5) is 25.6. The molecule has 1 N–H and O–H groups in total. The van der Waals surface area contributed by atoms with Crippen molar-refractivity contribution in [1.82, 2.24) is 10.2 Å². The number of likely N-dealkylation sites (tertiary alicyclic amines) is 1. The van der Waals surface area contributed by atoms with Gasteiger partial charge in [-0.15, -0.1) is 0 Å². The molecule has 0 unspecified atom stereocenters. The van der Waals surface area contributed by atoms with Crippen molar-refractivity contribution in [2.45, 2.75) is 38.6 Å². The Labute approximate surface area is 153 Å². The van der Waals surface area contributed by atoms with Crippen LogP contribution >= 0.6 is 11.6 Å². The quantitative estimate of drug-likeness (QED) is 0.750. The third kappa shape index (κ3) is 6.82. The average Bonchev–Trinajstić information content (AvgIpc) is 2.62. The van der Waals surface area contributed by atoms with E-state index in [1.807, 2.05) is 6.92 Å². The minimum absolute atomic E-state index is 0.00120. The van der Waals surface area contributed by atoms with Crippen LogP contribution < -0.4 is 10.1 Å². The molecule has 0 aromatic heterocycles. The monoisotopic (exact) mass is 368 g/mol. The fourth-order valence-electron chi connectivity index (χ4n) is 2.56. The number of nitrogens with one attached hydrogen (secondary N) is 1. The highest BCUT2D eigenvalue weighted by Gasteiger charge is 2.24. The molecule has 7 heteroatoms. The number of unbranched alkanes of at least 4 members (excludes halogenated alkanes) is 1. The van der Waals surface area contributed by atoms with E-state index in [0.29, 0.717) is 30.5 Å². The van der Waals surface area contributed by atoms with Crippen LogP contribution in [0.25, 0.3) is 0 Å². The average molecular weight is 369 g/mol. The minimum Gasteiger partial charge on any atom is -0.484 e. The summed E-state index contributed by atoms with van der Waals surface area (Å²) in [5.74, 6) is 0.558. The SMILES string of the molecule is CCCCOC(=O)NC1CCN(C(=O)COc2ccc(Cl)cc2)CC1. The highest BCUT2D eigenvalue weighted by molar-refractivity contribution is 6.30. The fraction of sp³-hybridized carbons (Fsp3) is 0.556. The molecule has 1 aromatic carbocycles. The fourth-order valence-corrected chi connectivity index (χ4v) is 2.68. The van der Waals surface area contributed by atoms with Crippen molar-refractivity contribution >= 4 is 23.6 Å². The van der Waals surface area contributed by atoms with E-state index in [9.17, 15) is 9.59 Å². The van der Waals surface area contributed by atoms with Crippen LogP contribution in [0.4, 0.5) is 4.79 Å². The topological polar surface area (TPSA) is 67.9 Å². The zero-order chi connectivity index (χ0) is 18.1. The van der Waals surface area contributed by atoms with E-state index in [0.717, 1.165) is 25.7 Å². The van der Waals surface area contributed by atoms with Gasteiger partial charge < -0.3 is 19.7 Å². The maximum Gasteiger partial charge on any atom is 0.407 e. The molecule has 1 aliphatic heterocycles.